The van der Waals surface area contributed by atoms with E-state index in [1.54, 1.807) is 0 Å². The Labute approximate surface area is 225 Å². The zero-order valence-electron chi connectivity index (χ0n) is 21.8. The summed E-state index contributed by atoms with van der Waals surface area (Å²) in [6.45, 7) is 4.10. The van der Waals surface area contributed by atoms with Crippen LogP contribution >= 0.6 is 0 Å². The molecule has 3 unspecified atom stereocenters. The number of fused-ring (bicyclic) bond motifs is 1. The van der Waals surface area contributed by atoms with Crippen LogP contribution in [0, 0.1) is 5.92 Å². The molecule has 0 spiro atoms. The Kier molecular flexibility index (Phi) is 9.40. The molecule has 0 aliphatic carbocycles. The van der Waals surface area contributed by atoms with Crippen molar-refractivity contribution in [1.29, 1.82) is 0 Å². The summed E-state index contributed by atoms with van der Waals surface area (Å²) in [6.07, 6.45) is 0.807. The lowest BCUT2D eigenvalue weighted by Gasteiger charge is -2.38. The molecule has 5 nitrogen and oxygen atoms in total. The molecular weight excluding hydrogens is 474 g/mol. The molecule has 0 saturated carbocycles. The first-order valence-corrected chi connectivity index (χ1v) is 13.6. The van der Waals surface area contributed by atoms with E-state index >= 15 is 0 Å². The summed E-state index contributed by atoms with van der Waals surface area (Å²) in [5.41, 5.74) is 3.51. The molecule has 0 bridgehead atoms. The minimum absolute atomic E-state index is 0.0269. The third kappa shape index (κ3) is 7.00. The molecule has 0 radical (unpaired) electrons. The van der Waals surface area contributed by atoms with Gasteiger partial charge in [-0.25, -0.2) is 0 Å². The second-order valence-corrected chi connectivity index (χ2v) is 9.97. The number of aliphatic hydroxyl groups excluding tert-OH is 1. The number of nitrogens with one attached hydrogen (secondary N) is 1. The van der Waals surface area contributed by atoms with Gasteiger partial charge in [0.25, 0.3) is 0 Å². The van der Waals surface area contributed by atoms with Gasteiger partial charge >= 0.3 is 0 Å². The van der Waals surface area contributed by atoms with E-state index < -0.39 is 0 Å². The fraction of sp³-hybridized carbons (Fsp3) is 0.333. The second kappa shape index (κ2) is 13.5. The van der Waals surface area contributed by atoms with E-state index in [-0.39, 0.29) is 24.5 Å². The molecule has 1 aliphatic rings. The zero-order chi connectivity index (χ0) is 26.0. The monoisotopic (exact) mass is 511 g/mol. The van der Waals surface area contributed by atoms with Gasteiger partial charge in [-0.2, -0.15) is 0 Å². The van der Waals surface area contributed by atoms with Crippen LogP contribution in [0.4, 0.5) is 0 Å². The Bertz CT molecular complexity index is 1260. The number of aliphatic hydroxyl groups is 1. The van der Waals surface area contributed by atoms with Gasteiger partial charge < -0.3 is 24.6 Å². The van der Waals surface area contributed by atoms with Crippen molar-refractivity contribution >= 4 is 10.8 Å². The van der Waals surface area contributed by atoms with E-state index in [1.807, 2.05) is 30.3 Å². The van der Waals surface area contributed by atoms with Crippen molar-refractivity contribution in [2.45, 2.75) is 31.7 Å². The lowest BCUT2D eigenvalue weighted by Crippen LogP contribution is -2.47. The van der Waals surface area contributed by atoms with Crippen molar-refractivity contribution in [3.63, 3.8) is 0 Å². The summed E-state index contributed by atoms with van der Waals surface area (Å²) in [6, 6.07) is 33.3. The molecule has 198 valence electrons. The fourth-order valence-electron chi connectivity index (χ4n) is 5.23. The molecular formula is C33H37NO4. The van der Waals surface area contributed by atoms with E-state index in [2.05, 4.69) is 72.0 Å². The van der Waals surface area contributed by atoms with E-state index in [1.165, 1.54) is 21.9 Å². The number of hydrogen-bond donors (Lipinski definition) is 2. The Balaban J connectivity index is 1.14. The van der Waals surface area contributed by atoms with Crippen LogP contribution in [0.5, 0.6) is 5.75 Å². The third-order valence-electron chi connectivity index (χ3n) is 7.25. The van der Waals surface area contributed by atoms with Crippen molar-refractivity contribution in [3.05, 3.63) is 114 Å². The molecule has 1 fully saturated rings. The summed E-state index contributed by atoms with van der Waals surface area (Å²) in [5, 5.41) is 16.0. The van der Waals surface area contributed by atoms with Crippen LogP contribution in [0.3, 0.4) is 0 Å². The average Bonchev–Trinajstić information content (AvgIpc) is 2.98. The molecule has 1 heterocycles. The normalized spacial score (nSPS) is 19.4. The van der Waals surface area contributed by atoms with Gasteiger partial charge in [0.05, 0.1) is 32.5 Å². The Hall–Kier alpha value is -3.22. The first-order valence-electron chi connectivity index (χ1n) is 13.6. The van der Waals surface area contributed by atoms with Gasteiger partial charge in [-0.15, -0.1) is 0 Å². The van der Waals surface area contributed by atoms with Crippen LogP contribution in [0.15, 0.2) is 97.1 Å². The zero-order valence-corrected chi connectivity index (χ0v) is 21.8. The van der Waals surface area contributed by atoms with Crippen LogP contribution in [-0.4, -0.2) is 44.1 Å². The van der Waals surface area contributed by atoms with Gasteiger partial charge in [0, 0.05) is 38.0 Å². The number of ether oxygens (including phenoxy) is 3. The maximum Gasteiger partial charge on any atom is 0.119 e. The fourth-order valence-corrected chi connectivity index (χ4v) is 5.23. The number of hydrogen-bond acceptors (Lipinski definition) is 5. The van der Waals surface area contributed by atoms with Crippen molar-refractivity contribution in [2.24, 2.45) is 5.92 Å². The average molecular weight is 512 g/mol. The summed E-state index contributed by atoms with van der Waals surface area (Å²) in [7, 11) is 0. The smallest absolute Gasteiger partial charge is 0.119 e. The summed E-state index contributed by atoms with van der Waals surface area (Å²) in [5.74, 6) is 1.06. The molecule has 1 saturated heterocycles. The summed E-state index contributed by atoms with van der Waals surface area (Å²) in [4.78, 5) is 0. The van der Waals surface area contributed by atoms with Gasteiger partial charge in [-0.1, -0.05) is 78.9 Å². The number of benzene rings is 4. The Morgan fingerprint density at radius 2 is 1.53 bits per heavy atom. The van der Waals surface area contributed by atoms with Crippen molar-refractivity contribution in [3.8, 4) is 5.75 Å². The molecule has 5 rings (SSSR count). The topological polar surface area (TPSA) is 60.0 Å². The van der Waals surface area contributed by atoms with Crippen molar-refractivity contribution < 1.29 is 19.3 Å². The third-order valence-corrected chi connectivity index (χ3v) is 7.25. The molecule has 0 aromatic heterocycles. The van der Waals surface area contributed by atoms with E-state index in [0.717, 1.165) is 30.8 Å². The van der Waals surface area contributed by atoms with Gasteiger partial charge in [0.1, 0.15) is 5.75 Å². The standard InChI is InChI=1S/C33H37NO4/c35-22-30-20-34-21-32(38-24-26-11-12-27-9-4-5-10-29(27)19-26)33(30)28-13-15-31(16-14-28)37-18-6-17-36-23-25-7-2-1-3-8-25/h1-5,7-16,19,30,32-35H,6,17-18,20-24H2. The minimum Gasteiger partial charge on any atom is -0.494 e. The molecule has 4 aromatic rings. The van der Waals surface area contributed by atoms with Gasteiger partial charge in [0.15, 0.2) is 0 Å². The predicted molar refractivity (Wildman–Crippen MR) is 151 cm³/mol. The lowest BCUT2D eigenvalue weighted by atomic mass is 9.79. The van der Waals surface area contributed by atoms with E-state index in [9.17, 15) is 5.11 Å². The van der Waals surface area contributed by atoms with Crippen LogP contribution in [0.25, 0.3) is 10.8 Å². The first kappa shape index (κ1) is 26.4. The largest absolute Gasteiger partial charge is 0.494 e. The Morgan fingerprint density at radius 3 is 2.34 bits per heavy atom. The Morgan fingerprint density at radius 1 is 0.737 bits per heavy atom. The van der Waals surface area contributed by atoms with Crippen molar-refractivity contribution in [2.75, 3.05) is 32.9 Å². The molecule has 1 aliphatic heterocycles. The van der Waals surface area contributed by atoms with Gasteiger partial charge in [-0.3, -0.25) is 0 Å². The summed E-state index contributed by atoms with van der Waals surface area (Å²) >= 11 is 0. The van der Waals surface area contributed by atoms with Gasteiger partial charge in [-0.05, 0) is 45.7 Å². The first-order chi connectivity index (χ1) is 18.8. The molecule has 0 amide bonds. The lowest BCUT2D eigenvalue weighted by molar-refractivity contribution is -0.0151. The molecule has 4 aromatic carbocycles. The highest BCUT2D eigenvalue weighted by Gasteiger charge is 2.34. The predicted octanol–water partition coefficient (Wildman–Crippen LogP) is 5.71. The van der Waals surface area contributed by atoms with Crippen molar-refractivity contribution in [1.82, 2.24) is 5.32 Å². The highest BCUT2D eigenvalue weighted by molar-refractivity contribution is 5.82. The maximum atomic E-state index is 10.1. The van der Waals surface area contributed by atoms with E-state index in [0.29, 0.717) is 26.4 Å². The number of piperidine rings is 1. The highest BCUT2D eigenvalue weighted by atomic mass is 16.5. The molecule has 5 heteroatoms. The molecule has 38 heavy (non-hydrogen) atoms. The quantitative estimate of drug-likeness (QED) is 0.239. The van der Waals surface area contributed by atoms with Crippen LogP contribution in [-0.2, 0) is 22.7 Å². The molecule has 2 N–H and O–H groups in total. The highest BCUT2D eigenvalue weighted by Crippen LogP contribution is 2.34. The minimum atomic E-state index is -0.0269. The summed E-state index contributed by atoms with van der Waals surface area (Å²) < 4.78 is 18.2. The van der Waals surface area contributed by atoms with Crippen LogP contribution in [0.1, 0.15) is 29.0 Å². The number of rotatable bonds is 12. The van der Waals surface area contributed by atoms with Gasteiger partial charge in [0.2, 0.25) is 0 Å². The SMILES string of the molecule is OCC1CNCC(OCc2ccc3ccccc3c2)C1c1ccc(OCCCOCc2ccccc2)cc1. The van der Waals surface area contributed by atoms with Crippen LogP contribution in [0.2, 0.25) is 0 Å². The molecule has 3 atom stereocenters. The maximum absolute atomic E-state index is 10.1. The second-order valence-electron chi connectivity index (χ2n) is 9.97. The van der Waals surface area contributed by atoms with E-state index in [4.69, 9.17) is 14.2 Å². The van der Waals surface area contributed by atoms with Crippen LogP contribution < -0.4 is 10.1 Å².